The Hall–Kier alpha value is -4.21. The molecule has 0 saturated carbocycles. The largest absolute Gasteiger partial charge is 0.497 e. The van der Waals surface area contributed by atoms with E-state index in [2.05, 4.69) is 5.32 Å². The van der Waals surface area contributed by atoms with Gasteiger partial charge in [0.1, 0.15) is 12.3 Å². The maximum Gasteiger partial charge on any atom is 0.332 e. The maximum atomic E-state index is 13.7. The molecule has 0 saturated heterocycles. The second-order valence-corrected chi connectivity index (χ2v) is 14.1. The number of carbonyl (C=O) groups is 2. The summed E-state index contributed by atoms with van der Waals surface area (Å²) >= 11 is 6.79. The summed E-state index contributed by atoms with van der Waals surface area (Å²) in [6.45, 7) is 1.30. The summed E-state index contributed by atoms with van der Waals surface area (Å²) in [6, 6.07) is 18.6. The fourth-order valence-corrected chi connectivity index (χ4v) is 8.52. The Kier molecular flexibility index (Phi) is 9.05. The van der Waals surface area contributed by atoms with Gasteiger partial charge in [0.2, 0.25) is 0 Å². The number of hydrogen-bond acceptors (Lipinski definition) is 9. The van der Waals surface area contributed by atoms with E-state index in [-0.39, 0.29) is 34.2 Å². The summed E-state index contributed by atoms with van der Waals surface area (Å²) in [5.74, 6) is -1.63. The maximum absolute atomic E-state index is 13.7. The third kappa shape index (κ3) is 6.74. The second kappa shape index (κ2) is 12.7. The van der Waals surface area contributed by atoms with Crippen LogP contribution in [0.1, 0.15) is 18.9 Å². The van der Waals surface area contributed by atoms with E-state index in [1.165, 1.54) is 37.4 Å². The Labute approximate surface area is 264 Å². The Morgan fingerprint density at radius 3 is 2.47 bits per heavy atom. The molecule has 0 aliphatic carbocycles. The SMILES string of the molecule is COc1ccc2c(c1)OC(=O)CN2S(=O)(=O)NS(=O)(=O)c1ccc(-c2cccc(CN[C@@H](C)CC(=O)O)c2Cl)c2ccccc12. The number of nitrogens with one attached hydrogen (secondary N) is 2. The van der Waals surface area contributed by atoms with Crippen LogP contribution < -0.4 is 23.2 Å². The number of carbonyl (C=O) groups excluding carboxylic acids is 1. The van der Waals surface area contributed by atoms with Crippen LogP contribution in [0.3, 0.4) is 0 Å². The van der Waals surface area contributed by atoms with Crippen molar-refractivity contribution in [3.05, 3.63) is 83.4 Å². The number of sulfonamides is 1. The topological polar surface area (TPSA) is 168 Å². The molecule has 5 rings (SSSR count). The zero-order chi connectivity index (χ0) is 32.5. The van der Waals surface area contributed by atoms with Crippen LogP contribution in [-0.4, -0.2) is 53.6 Å². The van der Waals surface area contributed by atoms with Crippen LogP contribution in [0.15, 0.2) is 77.7 Å². The minimum Gasteiger partial charge on any atom is -0.497 e. The molecule has 236 valence electrons. The van der Waals surface area contributed by atoms with Crippen molar-refractivity contribution in [1.82, 2.24) is 9.44 Å². The Bertz CT molecular complexity index is 2040. The zero-order valence-electron chi connectivity index (χ0n) is 24.0. The van der Waals surface area contributed by atoms with Gasteiger partial charge >= 0.3 is 22.1 Å². The average molecular weight is 674 g/mol. The molecule has 0 aromatic heterocycles. The summed E-state index contributed by atoms with van der Waals surface area (Å²) in [5.41, 5.74) is 1.86. The van der Waals surface area contributed by atoms with Crippen LogP contribution in [0.25, 0.3) is 21.9 Å². The highest BCUT2D eigenvalue weighted by Crippen LogP contribution is 2.39. The monoisotopic (exact) mass is 673 g/mol. The van der Waals surface area contributed by atoms with E-state index >= 15 is 0 Å². The molecule has 0 fully saturated rings. The second-order valence-electron chi connectivity index (χ2n) is 10.2. The summed E-state index contributed by atoms with van der Waals surface area (Å²) in [4.78, 5) is 23.0. The fourth-order valence-electron chi connectivity index (χ4n) is 4.99. The third-order valence-electron chi connectivity index (χ3n) is 7.10. The minimum absolute atomic E-state index is 0.0420. The number of hydrogen-bond donors (Lipinski definition) is 3. The molecule has 0 spiro atoms. The molecule has 15 heteroatoms. The first-order valence-electron chi connectivity index (χ1n) is 13.5. The highest BCUT2D eigenvalue weighted by atomic mass is 35.5. The van der Waals surface area contributed by atoms with Gasteiger partial charge in [0, 0.05) is 29.6 Å². The number of nitrogens with zero attached hydrogens (tertiary/aromatic N) is 1. The van der Waals surface area contributed by atoms with E-state index in [0.717, 1.165) is 0 Å². The van der Waals surface area contributed by atoms with Crippen molar-refractivity contribution in [3.8, 4) is 22.6 Å². The molecule has 1 heterocycles. The Morgan fingerprint density at radius 1 is 1.02 bits per heavy atom. The molecule has 1 aliphatic rings. The molecule has 45 heavy (non-hydrogen) atoms. The van der Waals surface area contributed by atoms with Crippen molar-refractivity contribution in [1.29, 1.82) is 0 Å². The number of ether oxygens (including phenoxy) is 2. The Morgan fingerprint density at radius 2 is 1.76 bits per heavy atom. The molecule has 12 nitrogen and oxygen atoms in total. The van der Waals surface area contributed by atoms with E-state index < -0.39 is 38.7 Å². The first-order chi connectivity index (χ1) is 21.3. The number of carboxylic acids is 1. The number of halogens is 1. The zero-order valence-corrected chi connectivity index (χ0v) is 26.4. The third-order valence-corrected chi connectivity index (χ3v) is 11.1. The lowest BCUT2D eigenvalue weighted by Gasteiger charge is -2.29. The predicted molar refractivity (Wildman–Crippen MR) is 168 cm³/mol. The molecule has 4 aromatic rings. The molecule has 0 radical (unpaired) electrons. The highest BCUT2D eigenvalue weighted by molar-refractivity contribution is 8.05. The van der Waals surface area contributed by atoms with Crippen molar-refractivity contribution in [2.24, 2.45) is 0 Å². The van der Waals surface area contributed by atoms with Crippen LogP contribution in [0.5, 0.6) is 11.5 Å². The highest BCUT2D eigenvalue weighted by Gasteiger charge is 2.37. The van der Waals surface area contributed by atoms with Gasteiger partial charge in [-0.05, 0) is 41.6 Å². The van der Waals surface area contributed by atoms with Crippen LogP contribution >= 0.6 is 11.6 Å². The fraction of sp³-hybridized carbons (Fsp3) is 0.200. The molecule has 0 unspecified atom stereocenters. The number of rotatable bonds is 11. The lowest BCUT2D eigenvalue weighted by atomic mass is 9.96. The van der Waals surface area contributed by atoms with Crippen molar-refractivity contribution in [2.75, 3.05) is 18.0 Å². The van der Waals surface area contributed by atoms with Crippen molar-refractivity contribution < 1.29 is 41.0 Å². The first-order valence-corrected chi connectivity index (χ1v) is 16.8. The van der Waals surface area contributed by atoms with Crippen molar-refractivity contribution in [2.45, 2.75) is 30.8 Å². The predicted octanol–water partition coefficient (Wildman–Crippen LogP) is 4.07. The van der Waals surface area contributed by atoms with Gasteiger partial charge in [-0.3, -0.25) is 4.79 Å². The van der Waals surface area contributed by atoms with Crippen molar-refractivity contribution >= 4 is 60.2 Å². The summed E-state index contributed by atoms with van der Waals surface area (Å²) in [7, 11) is -8.16. The van der Waals surface area contributed by atoms with Gasteiger partial charge in [-0.15, -0.1) is 0 Å². The molecule has 1 atom stereocenters. The number of anilines is 1. The van der Waals surface area contributed by atoms with Gasteiger partial charge < -0.3 is 19.9 Å². The summed E-state index contributed by atoms with van der Waals surface area (Å²) < 4.78 is 66.9. The van der Waals surface area contributed by atoms with Gasteiger partial charge in [-0.1, -0.05) is 64.3 Å². The van der Waals surface area contributed by atoms with Crippen LogP contribution in [0.2, 0.25) is 5.02 Å². The first kappa shape index (κ1) is 32.2. The van der Waals surface area contributed by atoms with E-state index in [4.69, 9.17) is 26.2 Å². The summed E-state index contributed by atoms with van der Waals surface area (Å²) in [5, 5.41) is 13.3. The van der Waals surface area contributed by atoms with E-state index in [1.807, 2.05) is 0 Å². The number of carboxylic acid groups (broad SMARTS) is 1. The number of aliphatic carboxylic acids is 1. The minimum atomic E-state index is -4.83. The molecule has 0 bridgehead atoms. The van der Waals surface area contributed by atoms with E-state index in [0.29, 0.717) is 43.7 Å². The van der Waals surface area contributed by atoms with Gasteiger partial charge in [-0.25, -0.2) is 17.5 Å². The summed E-state index contributed by atoms with van der Waals surface area (Å²) in [6.07, 6.45) is -0.0647. The molecular weight excluding hydrogens is 646 g/mol. The molecule has 0 amide bonds. The van der Waals surface area contributed by atoms with Crippen molar-refractivity contribution in [3.63, 3.8) is 0 Å². The van der Waals surface area contributed by atoms with E-state index in [9.17, 15) is 26.4 Å². The number of fused-ring (bicyclic) bond motifs is 2. The molecule has 4 aromatic carbocycles. The van der Waals surface area contributed by atoms with Gasteiger partial charge in [0.15, 0.2) is 5.75 Å². The average Bonchev–Trinajstić information content (AvgIpc) is 2.98. The number of benzene rings is 4. The van der Waals surface area contributed by atoms with Crippen LogP contribution in [-0.2, 0) is 36.4 Å². The van der Waals surface area contributed by atoms with Gasteiger partial charge in [0.05, 0.1) is 29.1 Å². The van der Waals surface area contributed by atoms with E-state index in [1.54, 1.807) is 53.5 Å². The van der Waals surface area contributed by atoms with Crippen LogP contribution in [0, 0.1) is 0 Å². The lowest BCUT2D eigenvalue weighted by molar-refractivity contribution is -0.137. The molecule has 3 N–H and O–H groups in total. The normalized spacial score (nSPS) is 14.1. The number of methoxy groups -OCH3 is 1. The number of esters is 1. The molecule has 1 aliphatic heterocycles. The molecular formula is C30H28ClN3O9S2. The van der Waals surface area contributed by atoms with Crippen LogP contribution in [0.4, 0.5) is 5.69 Å². The standard InChI is InChI=1S/C30H28ClN3O9S2/c1-18(14-28(35)36)32-16-19-6-5-9-24(30(19)31)22-11-13-27(23-8-4-3-7-21(22)23)44(38,39)33-45(40,41)34-17-29(37)43-26-15-20(42-2)10-12-25(26)34/h3-13,15,18,32-33H,14,16-17H2,1-2H3,(H,35,36)/t18-/m0/s1. The van der Waals surface area contributed by atoms with Gasteiger partial charge in [0.25, 0.3) is 10.0 Å². The Balaban J connectivity index is 1.50. The lowest BCUT2D eigenvalue weighted by Crippen LogP contribution is -2.48. The smallest absolute Gasteiger partial charge is 0.332 e. The quantitative estimate of drug-likeness (QED) is 0.156. The van der Waals surface area contributed by atoms with Gasteiger partial charge in [-0.2, -0.15) is 8.42 Å².